The zero-order chi connectivity index (χ0) is 16.3. The number of carbonyl (C=O) groups is 2. The van der Waals surface area contributed by atoms with Gasteiger partial charge in [0.1, 0.15) is 5.60 Å². The van der Waals surface area contributed by atoms with Crippen molar-refractivity contribution in [2.75, 3.05) is 13.1 Å². The van der Waals surface area contributed by atoms with Gasteiger partial charge < -0.3 is 9.64 Å². The van der Waals surface area contributed by atoms with Crippen LogP contribution in [0.3, 0.4) is 0 Å². The van der Waals surface area contributed by atoms with E-state index < -0.39 is 5.60 Å². The van der Waals surface area contributed by atoms with Crippen LogP contribution in [-0.2, 0) is 4.74 Å². The smallest absolute Gasteiger partial charge is 0.410 e. The second-order valence-corrected chi connectivity index (χ2v) is 7.64. The topological polar surface area (TPSA) is 46.6 Å². The van der Waals surface area contributed by atoms with Crippen molar-refractivity contribution in [2.24, 2.45) is 5.92 Å². The lowest BCUT2D eigenvalue weighted by Gasteiger charge is -2.39. The van der Waals surface area contributed by atoms with E-state index in [2.05, 4.69) is 15.9 Å². The molecule has 1 saturated heterocycles. The lowest BCUT2D eigenvalue weighted by Crippen LogP contribution is -2.51. The van der Waals surface area contributed by atoms with Crippen LogP contribution in [0.5, 0.6) is 0 Å². The first-order chi connectivity index (χ1) is 10.2. The third-order valence-corrected chi connectivity index (χ3v) is 4.03. The van der Waals surface area contributed by atoms with E-state index >= 15 is 0 Å². The van der Waals surface area contributed by atoms with Gasteiger partial charge in [0.15, 0.2) is 5.78 Å². The quantitative estimate of drug-likeness (QED) is 0.746. The van der Waals surface area contributed by atoms with Crippen LogP contribution >= 0.6 is 15.9 Å². The molecule has 1 aromatic carbocycles. The molecule has 0 N–H and O–H groups in total. The Hall–Kier alpha value is -1.36. The van der Waals surface area contributed by atoms with E-state index in [4.69, 9.17) is 4.74 Å². The zero-order valence-corrected chi connectivity index (χ0v) is 14.9. The molecule has 22 heavy (non-hydrogen) atoms. The van der Waals surface area contributed by atoms with Crippen molar-refractivity contribution in [1.82, 2.24) is 4.90 Å². The van der Waals surface area contributed by atoms with Gasteiger partial charge in [0, 0.05) is 29.5 Å². The van der Waals surface area contributed by atoms with E-state index in [0.29, 0.717) is 25.4 Å². The largest absolute Gasteiger partial charge is 0.444 e. The minimum absolute atomic E-state index is 0.150. The molecule has 2 rings (SSSR count). The normalized spacial score (nSPS) is 15.4. The Labute approximate surface area is 140 Å². The standard InChI is InChI=1S/C17H22BrNO3/c1-17(2,3)22-16(21)19-10-12(11-19)7-8-15(20)13-5-4-6-14(18)9-13/h4-6,9,12H,7-8,10-11H2,1-3H3. The van der Waals surface area contributed by atoms with Gasteiger partial charge in [-0.15, -0.1) is 0 Å². The summed E-state index contributed by atoms with van der Waals surface area (Å²) in [5.41, 5.74) is 0.274. The van der Waals surface area contributed by atoms with Gasteiger partial charge in [0.2, 0.25) is 0 Å². The van der Waals surface area contributed by atoms with Crippen LogP contribution in [0.1, 0.15) is 44.0 Å². The molecule has 1 heterocycles. The number of Topliss-reactive ketones (excluding diaryl/α,β-unsaturated/α-hetero) is 1. The summed E-state index contributed by atoms with van der Waals surface area (Å²) in [5, 5.41) is 0. The zero-order valence-electron chi connectivity index (χ0n) is 13.3. The number of ketones is 1. The third-order valence-electron chi connectivity index (χ3n) is 3.54. The summed E-state index contributed by atoms with van der Waals surface area (Å²) in [6.07, 6.45) is 1.07. The van der Waals surface area contributed by atoms with Gasteiger partial charge in [-0.2, -0.15) is 0 Å². The number of hydrogen-bond acceptors (Lipinski definition) is 3. The lowest BCUT2D eigenvalue weighted by molar-refractivity contribution is -0.00208. The fourth-order valence-corrected chi connectivity index (χ4v) is 2.77. The molecule has 0 aliphatic carbocycles. The molecule has 1 amide bonds. The van der Waals surface area contributed by atoms with Crippen molar-refractivity contribution in [3.8, 4) is 0 Å². The van der Waals surface area contributed by atoms with Gasteiger partial charge in [-0.1, -0.05) is 28.1 Å². The SMILES string of the molecule is CC(C)(C)OC(=O)N1CC(CCC(=O)c2cccc(Br)c2)C1. The molecule has 1 aliphatic heterocycles. The van der Waals surface area contributed by atoms with E-state index in [1.54, 1.807) is 4.90 Å². The number of likely N-dealkylation sites (tertiary alicyclic amines) is 1. The number of rotatable bonds is 4. The predicted octanol–water partition coefficient (Wildman–Crippen LogP) is 4.28. The molecule has 0 bridgehead atoms. The first kappa shape index (κ1) is 17.0. The average molecular weight is 368 g/mol. The Morgan fingerprint density at radius 2 is 2.00 bits per heavy atom. The van der Waals surface area contributed by atoms with Crippen LogP contribution in [-0.4, -0.2) is 35.5 Å². The molecule has 1 aromatic rings. The van der Waals surface area contributed by atoms with Gasteiger partial charge in [-0.25, -0.2) is 4.79 Å². The van der Waals surface area contributed by atoms with Crippen LogP contribution in [0.25, 0.3) is 0 Å². The summed E-state index contributed by atoms with van der Waals surface area (Å²) in [7, 11) is 0. The Morgan fingerprint density at radius 1 is 1.32 bits per heavy atom. The molecule has 0 aromatic heterocycles. The Bertz CT molecular complexity index is 559. The molecule has 0 saturated carbocycles. The van der Waals surface area contributed by atoms with Crippen LogP contribution in [0, 0.1) is 5.92 Å². The highest BCUT2D eigenvalue weighted by Crippen LogP contribution is 2.24. The van der Waals surface area contributed by atoms with Crippen molar-refractivity contribution >= 4 is 27.8 Å². The van der Waals surface area contributed by atoms with E-state index in [1.807, 2.05) is 45.0 Å². The monoisotopic (exact) mass is 367 g/mol. The lowest BCUT2D eigenvalue weighted by atomic mass is 9.92. The number of amides is 1. The van der Waals surface area contributed by atoms with Gasteiger partial charge >= 0.3 is 6.09 Å². The van der Waals surface area contributed by atoms with Crippen molar-refractivity contribution < 1.29 is 14.3 Å². The minimum atomic E-state index is -0.459. The Morgan fingerprint density at radius 3 is 2.59 bits per heavy atom. The average Bonchev–Trinajstić information content (AvgIpc) is 2.34. The molecular formula is C17H22BrNO3. The van der Waals surface area contributed by atoms with E-state index in [1.165, 1.54) is 0 Å². The van der Waals surface area contributed by atoms with Crippen molar-refractivity contribution in [2.45, 2.75) is 39.2 Å². The molecule has 0 spiro atoms. The van der Waals surface area contributed by atoms with Gasteiger partial charge in [0.05, 0.1) is 0 Å². The molecular weight excluding hydrogens is 346 g/mol. The highest BCUT2D eigenvalue weighted by molar-refractivity contribution is 9.10. The first-order valence-electron chi connectivity index (χ1n) is 7.51. The molecule has 120 valence electrons. The summed E-state index contributed by atoms with van der Waals surface area (Å²) in [4.78, 5) is 25.6. The summed E-state index contributed by atoms with van der Waals surface area (Å²) < 4.78 is 6.23. The summed E-state index contributed by atoms with van der Waals surface area (Å²) >= 11 is 3.37. The Kier molecular flexibility index (Phi) is 5.27. The highest BCUT2D eigenvalue weighted by atomic mass is 79.9. The van der Waals surface area contributed by atoms with E-state index in [9.17, 15) is 9.59 Å². The predicted molar refractivity (Wildman–Crippen MR) is 89.0 cm³/mol. The van der Waals surface area contributed by atoms with Gasteiger partial charge in [0.25, 0.3) is 0 Å². The fourth-order valence-electron chi connectivity index (χ4n) is 2.37. The molecule has 5 heteroatoms. The van der Waals surface area contributed by atoms with Crippen LogP contribution in [0.2, 0.25) is 0 Å². The Balaban J connectivity index is 1.72. The summed E-state index contributed by atoms with van der Waals surface area (Å²) in [6.45, 7) is 6.94. The minimum Gasteiger partial charge on any atom is -0.444 e. The van der Waals surface area contributed by atoms with Crippen molar-refractivity contribution in [3.05, 3.63) is 34.3 Å². The van der Waals surface area contributed by atoms with Crippen LogP contribution < -0.4 is 0 Å². The van der Waals surface area contributed by atoms with Gasteiger partial charge in [-0.3, -0.25) is 4.79 Å². The number of hydrogen-bond donors (Lipinski definition) is 0. The maximum Gasteiger partial charge on any atom is 0.410 e. The summed E-state index contributed by atoms with van der Waals surface area (Å²) in [6, 6.07) is 7.45. The van der Waals surface area contributed by atoms with Crippen LogP contribution in [0.15, 0.2) is 28.7 Å². The molecule has 1 aliphatic rings. The van der Waals surface area contributed by atoms with Crippen molar-refractivity contribution in [1.29, 1.82) is 0 Å². The van der Waals surface area contributed by atoms with Crippen LogP contribution in [0.4, 0.5) is 4.79 Å². The molecule has 0 unspecified atom stereocenters. The number of halogens is 1. The number of carbonyl (C=O) groups excluding carboxylic acids is 2. The molecule has 1 fully saturated rings. The fraction of sp³-hybridized carbons (Fsp3) is 0.529. The van der Waals surface area contributed by atoms with E-state index in [-0.39, 0.29) is 11.9 Å². The van der Waals surface area contributed by atoms with Crippen molar-refractivity contribution in [3.63, 3.8) is 0 Å². The third kappa shape index (κ3) is 4.83. The molecule has 0 radical (unpaired) electrons. The molecule has 4 nitrogen and oxygen atoms in total. The second kappa shape index (κ2) is 6.82. The van der Waals surface area contributed by atoms with E-state index in [0.717, 1.165) is 16.5 Å². The number of nitrogens with zero attached hydrogens (tertiary/aromatic N) is 1. The maximum absolute atomic E-state index is 12.1. The second-order valence-electron chi connectivity index (χ2n) is 6.72. The number of benzene rings is 1. The first-order valence-corrected chi connectivity index (χ1v) is 8.30. The van der Waals surface area contributed by atoms with Gasteiger partial charge in [-0.05, 0) is 45.2 Å². The highest BCUT2D eigenvalue weighted by Gasteiger charge is 2.33. The number of ether oxygens (including phenoxy) is 1. The molecule has 0 atom stereocenters. The summed E-state index contributed by atoms with van der Waals surface area (Å²) in [5.74, 6) is 0.542. The maximum atomic E-state index is 12.1.